The van der Waals surface area contributed by atoms with E-state index in [1.807, 2.05) is 11.8 Å². The van der Waals surface area contributed by atoms with Crippen molar-refractivity contribution in [3.8, 4) is 0 Å². The fourth-order valence-electron chi connectivity index (χ4n) is 1.46. The molecule has 0 rings (SSSR count). The number of carboxylic acids is 1. The van der Waals surface area contributed by atoms with Crippen LogP contribution in [0.25, 0.3) is 0 Å². The minimum absolute atomic E-state index is 0.130. The Balaban J connectivity index is 3.72. The second kappa shape index (κ2) is 10.1. The molecule has 0 radical (unpaired) electrons. The molecule has 1 unspecified atom stereocenters. The molecular formula is C12H24N2O3S. The molecule has 3 N–H and O–H groups in total. The number of urea groups is 1. The zero-order valence-electron chi connectivity index (χ0n) is 11.4. The number of unbranched alkanes of at least 4 members (excludes halogenated alkanes) is 2. The van der Waals surface area contributed by atoms with E-state index in [4.69, 9.17) is 5.11 Å². The van der Waals surface area contributed by atoms with E-state index in [0.717, 1.165) is 25.0 Å². The van der Waals surface area contributed by atoms with E-state index in [1.54, 1.807) is 13.8 Å². The Morgan fingerprint density at radius 2 is 1.89 bits per heavy atom. The third-order valence-corrected chi connectivity index (χ3v) is 3.23. The predicted octanol–water partition coefficient (Wildman–Crippen LogP) is 1.93. The number of amides is 2. The number of thioether (sulfide) groups is 1. The van der Waals surface area contributed by atoms with Crippen molar-refractivity contribution in [2.75, 3.05) is 18.6 Å². The molecule has 106 valence electrons. The van der Waals surface area contributed by atoms with Crippen LogP contribution in [0.5, 0.6) is 0 Å². The Morgan fingerprint density at radius 1 is 1.22 bits per heavy atom. The molecule has 6 heteroatoms. The maximum atomic E-state index is 11.5. The van der Waals surface area contributed by atoms with Crippen molar-refractivity contribution in [1.82, 2.24) is 10.6 Å². The van der Waals surface area contributed by atoms with E-state index in [2.05, 4.69) is 16.9 Å². The number of hydrogen-bond donors (Lipinski definition) is 3. The Kier molecular flexibility index (Phi) is 9.55. The fourth-order valence-corrected chi connectivity index (χ4v) is 1.95. The summed E-state index contributed by atoms with van der Waals surface area (Å²) in [6.45, 7) is 4.12. The molecule has 0 saturated carbocycles. The van der Waals surface area contributed by atoms with Crippen molar-refractivity contribution in [2.24, 2.45) is 5.92 Å². The van der Waals surface area contributed by atoms with Gasteiger partial charge in [-0.15, -0.1) is 0 Å². The highest BCUT2D eigenvalue weighted by Crippen LogP contribution is 2.02. The maximum absolute atomic E-state index is 11.5. The summed E-state index contributed by atoms with van der Waals surface area (Å²) >= 11 is 1.82. The van der Waals surface area contributed by atoms with Crippen LogP contribution in [0.1, 0.15) is 33.1 Å². The van der Waals surface area contributed by atoms with Crippen molar-refractivity contribution >= 4 is 23.8 Å². The summed E-state index contributed by atoms with van der Waals surface area (Å²) in [5, 5.41) is 14.1. The van der Waals surface area contributed by atoms with Crippen molar-refractivity contribution in [3.63, 3.8) is 0 Å². The van der Waals surface area contributed by atoms with Crippen molar-refractivity contribution in [3.05, 3.63) is 0 Å². The molecule has 2 amide bonds. The van der Waals surface area contributed by atoms with Crippen LogP contribution < -0.4 is 10.6 Å². The minimum atomic E-state index is -1.000. The van der Waals surface area contributed by atoms with Gasteiger partial charge in [0.25, 0.3) is 0 Å². The van der Waals surface area contributed by atoms with E-state index in [1.165, 1.54) is 0 Å². The standard InChI is InChI=1S/C12H24N2O3S/c1-9(2)10(11(15)16)14-12(17)13-7-5-4-6-8-18-3/h9-10H,4-8H2,1-3H3,(H,15,16)(H2,13,14,17). The summed E-state index contributed by atoms with van der Waals surface area (Å²) in [5.74, 6) is 0.00984. The van der Waals surface area contributed by atoms with Gasteiger partial charge in [0.1, 0.15) is 6.04 Å². The second-order valence-corrected chi connectivity index (χ2v) is 5.50. The quantitative estimate of drug-likeness (QED) is 0.562. The monoisotopic (exact) mass is 276 g/mol. The van der Waals surface area contributed by atoms with Crippen LogP contribution >= 0.6 is 11.8 Å². The molecule has 18 heavy (non-hydrogen) atoms. The molecular weight excluding hydrogens is 252 g/mol. The molecule has 1 atom stereocenters. The fraction of sp³-hybridized carbons (Fsp3) is 0.833. The highest BCUT2D eigenvalue weighted by Gasteiger charge is 2.22. The summed E-state index contributed by atoms with van der Waals surface area (Å²) < 4.78 is 0. The van der Waals surface area contributed by atoms with Gasteiger partial charge in [-0.2, -0.15) is 11.8 Å². The molecule has 0 spiro atoms. The van der Waals surface area contributed by atoms with Crippen molar-refractivity contribution < 1.29 is 14.7 Å². The number of aliphatic carboxylic acids is 1. The summed E-state index contributed by atoms with van der Waals surface area (Å²) in [7, 11) is 0. The smallest absolute Gasteiger partial charge is 0.326 e. The zero-order chi connectivity index (χ0) is 14.0. The first-order chi connectivity index (χ1) is 8.49. The molecule has 0 aliphatic heterocycles. The molecule has 0 aromatic rings. The average molecular weight is 276 g/mol. The van der Waals surface area contributed by atoms with Gasteiger partial charge in [-0.05, 0) is 30.8 Å². The lowest BCUT2D eigenvalue weighted by Crippen LogP contribution is -2.48. The van der Waals surface area contributed by atoms with Gasteiger partial charge in [0.15, 0.2) is 0 Å². The third kappa shape index (κ3) is 8.22. The number of carboxylic acid groups (broad SMARTS) is 1. The van der Waals surface area contributed by atoms with Gasteiger partial charge in [-0.3, -0.25) is 0 Å². The Bertz CT molecular complexity index is 260. The summed E-state index contributed by atoms with van der Waals surface area (Å²) in [6, 6.07) is -1.23. The summed E-state index contributed by atoms with van der Waals surface area (Å²) in [5.41, 5.74) is 0. The van der Waals surface area contributed by atoms with E-state index in [-0.39, 0.29) is 5.92 Å². The average Bonchev–Trinajstić information content (AvgIpc) is 2.29. The first kappa shape index (κ1) is 17.1. The SMILES string of the molecule is CSCCCCCNC(=O)NC(C(=O)O)C(C)C. The summed E-state index contributed by atoms with van der Waals surface area (Å²) in [6.07, 6.45) is 5.22. The summed E-state index contributed by atoms with van der Waals surface area (Å²) in [4.78, 5) is 22.3. The van der Waals surface area contributed by atoms with Gasteiger partial charge < -0.3 is 15.7 Å². The van der Waals surface area contributed by atoms with Crippen molar-refractivity contribution in [2.45, 2.75) is 39.2 Å². The lowest BCUT2D eigenvalue weighted by atomic mass is 10.1. The Hall–Kier alpha value is -0.910. The number of hydrogen-bond acceptors (Lipinski definition) is 3. The molecule has 0 aliphatic rings. The van der Waals surface area contributed by atoms with Crippen LogP contribution in [-0.4, -0.2) is 41.7 Å². The second-order valence-electron chi connectivity index (χ2n) is 4.51. The number of carbonyl (C=O) groups is 2. The van der Waals surface area contributed by atoms with Crippen LogP contribution in [0.4, 0.5) is 4.79 Å². The molecule has 0 fully saturated rings. The first-order valence-corrected chi connectivity index (χ1v) is 7.64. The number of rotatable bonds is 9. The maximum Gasteiger partial charge on any atom is 0.326 e. The van der Waals surface area contributed by atoms with E-state index in [0.29, 0.717) is 6.54 Å². The third-order valence-electron chi connectivity index (χ3n) is 2.53. The van der Waals surface area contributed by atoms with Gasteiger partial charge >= 0.3 is 12.0 Å². The van der Waals surface area contributed by atoms with Gasteiger partial charge in [0, 0.05) is 6.54 Å². The predicted molar refractivity (Wildman–Crippen MR) is 75.0 cm³/mol. The van der Waals surface area contributed by atoms with Gasteiger partial charge in [0.2, 0.25) is 0 Å². The zero-order valence-corrected chi connectivity index (χ0v) is 12.2. The van der Waals surface area contributed by atoms with E-state index in [9.17, 15) is 9.59 Å². The highest BCUT2D eigenvalue weighted by molar-refractivity contribution is 7.98. The molecule has 0 heterocycles. The molecule has 0 aromatic carbocycles. The normalized spacial score (nSPS) is 12.2. The molecule has 0 saturated heterocycles. The number of carbonyl (C=O) groups excluding carboxylic acids is 1. The molecule has 5 nitrogen and oxygen atoms in total. The van der Waals surface area contributed by atoms with Gasteiger partial charge in [-0.25, -0.2) is 9.59 Å². The first-order valence-electron chi connectivity index (χ1n) is 6.25. The van der Waals surface area contributed by atoms with Gasteiger partial charge in [0.05, 0.1) is 0 Å². The van der Waals surface area contributed by atoms with Crippen LogP contribution in [0.3, 0.4) is 0 Å². The van der Waals surface area contributed by atoms with E-state index >= 15 is 0 Å². The Morgan fingerprint density at radius 3 is 2.39 bits per heavy atom. The van der Waals surface area contributed by atoms with Crippen LogP contribution in [0.2, 0.25) is 0 Å². The van der Waals surface area contributed by atoms with Crippen molar-refractivity contribution in [1.29, 1.82) is 0 Å². The lowest BCUT2D eigenvalue weighted by molar-refractivity contribution is -0.140. The van der Waals surface area contributed by atoms with E-state index < -0.39 is 18.0 Å². The van der Waals surface area contributed by atoms with Crippen LogP contribution in [0.15, 0.2) is 0 Å². The van der Waals surface area contributed by atoms with Crippen LogP contribution in [0, 0.1) is 5.92 Å². The molecule has 0 bridgehead atoms. The Labute approximate surface area is 113 Å². The van der Waals surface area contributed by atoms with Gasteiger partial charge in [-0.1, -0.05) is 20.3 Å². The number of nitrogens with one attached hydrogen (secondary N) is 2. The van der Waals surface area contributed by atoms with Crippen LogP contribution in [-0.2, 0) is 4.79 Å². The largest absolute Gasteiger partial charge is 0.480 e. The minimum Gasteiger partial charge on any atom is -0.480 e. The molecule has 0 aromatic heterocycles. The highest BCUT2D eigenvalue weighted by atomic mass is 32.2. The molecule has 0 aliphatic carbocycles. The lowest BCUT2D eigenvalue weighted by Gasteiger charge is -2.18. The topological polar surface area (TPSA) is 78.4 Å².